The van der Waals surface area contributed by atoms with E-state index in [2.05, 4.69) is 4.18 Å². The van der Waals surface area contributed by atoms with Gasteiger partial charge in [-0.15, -0.1) is 0 Å². The maximum absolute atomic E-state index is 12.2. The zero-order chi connectivity index (χ0) is 22.8. The van der Waals surface area contributed by atoms with Crippen molar-refractivity contribution in [3.05, 3.63) is 58.7 Å². The molecule has 6 nitrogen and oxygen atoms in total. The Morgan fingerprint density at radius 1 is 0.806 bits per heavy atom. The number of ketones is 2. The first kappa shape index (κ1) is 22.8. The van der Waals surface area contributed by atoms with Crippen molar-refractivity contribution in [2.75, 3.05) is 0 Å². The number of aryl methyl sites for hydroxylation is 2. The monoisotopic (exact) mass is 456 g/mol. The number of hydrogen-bond donors (Lipinski definition) is 1. The third-order valence-corrected chi connectivity index (χ3v) is 5.93. The lowest BCUT2D eigenvalue weighted by atomic mass is 9.91. The fraction of sp³-hybridized carbons (Fsp3) is 0.333. The highest BCUT2D eigenvalue weighted by Gasteiger charge is 2.48. The molecule has 0 heterocycles. The van der Waals surface area contributed by atoms with Gasteiger partial charge in [-0.2, -0.15) is 21.6 Å². The number of phenols is 1. The summed E-state index contributed by atoms with van der Waals surface area (Å²) < 4.78 is 62.1. The molecule has 0 spiro atoms. The predicted molar refractivity (Wildman–Crippen MR) is 105 cm³/mol. The van der Waals surface area contributed by atoms with Crippen molar-refractivity contribution in [1.29, 1.82) is 0 Å². The summed E-state index contributed by atoms with van der Waals surface area (Å²) >= 11 is 0. The second kappa shape index (κ2) is 8.70. The Morgan fingerprint density at radius 3 is 1.87 bits per heavy atom. The van der Waals surface area contributed by atoms with E-state index in [0.717, 1.165) is 36.1 Å². The molecule has 0 bridgehead atoms. The summed E-state index contributed by atoms with van der Waals surface area (Å²) in [4.78, 5) is 22.8. The van der Waals surface area contributed by atoms with Crippen molar-refractivity contribution in [2.45, 2.75) is 44.0 Å². The molecular weight excluding hydrogens is 437 g/mol. The highest BCUT2D eigenvalue weighted by molar-refractivity contribution is 7.88. The Bertz CT molecular complexity index is 1120. The molecular formula is C21H19F3O6S. The van der Waals surface area contributed by atoms with E-state index >= 15 is 0 Å². The van der Waals surface area contributed by atoms with Crippen LogP contribution in [-0.2, 0) is 23.0 Å². The normalized spacial score (nSPS) is 16.0. The molecule has 10 heteroatoms. The van der Waals surface area contributed by atoms with Gasteiger partial charge in [0.2, 0.25) is 0 Å². The molecule has 0 aliphatic heterocycles. The lowest BCUT2D eigenvalue weighted by Gasteiger charge is -2.16. The molecule has 2 aromatic carbocycles. The molecule has 0 amide bonds. The standard InChI is InChI=1S/C11H9F3O4S.C10H10O2/c12-11(13,14)19(16,17)18-8-4-5-9-7(6-8)2-1-3-10(9)15;11-8-4-5-9-7(6-8)2-1-3-10(9)12/h4-6H,1-3H2;4-6,11H,1-3H2. The summed E-state index contributed by atoms with van der Waals surface area (Å²) in [6, 6.07) is 8.47. The van der Waals surface area contributed by atoms with Gasteiger partial charge in [0.05, 0.1) is 0 Å². The zero-order valence-electron chi connectivity index (χ0n) is 16.2. The first-order valence-electron chi connectivity index (χ1n) is 9.50. The minimum atomic E-state index is -5.68. The average molecular weight is 456 g/mol. The summed E-state index contributed by atoms with van der Waals surface area (Å²) in [7, 11) is -5.68. The lowest BCUT2D eigenvalue weighted by molar-refractivity contribution is -0.0500. The zero-order valence-corrected chi connectivity index (χ0v) is 17.1. The molecule has 166 valence electrons. The van der Waals surface area contributed by atoms with Crippen molar-refractivity contribution in [3.8, 4) is 11.5 Å². The molecule has 2 aliphatic carbocycles. The van der Waals surface area contributed by atoms with E-state index in [1.54, 1.807) is 18.2 Å². The maximum Gasteiger partial charge on any atom is 0.534 e. The van der Waals surface area contributed by atoms with Crippen molar-refractivity contribution in [1.82, 2.24) is 0 Å². The van der Waals surface area contributed by atoms with E-state index in [-0.39, 0.29) is 17.3 Å². The number of halogens is 3. The first-order valence-corrected chi connectivity index (χ1v) is 10.9. The van der Waals surface area contributed by atoms with Crippen LogP contribution in [0.3, 0.4) is 0 Å². The third kappa shape index (κ3) is 5.25. The summed E-state index contributed by atoms with van der Waals surface area (Å²) in [5, 5.41) is 9.16. The lowest BCUT2D eigenvalue weighted by Crippen LogP contribution is -2.28. The Labute approximate surface area is 176 Å². The Kier molecular flexibility index (Phi) is 6.40. The van der Waals surface area contributed by atoms with Crippen LogP contribution < -0.4 is 4.18 Å². The SMILES string of the molecule is O=C1CCCc2cc(O)ccc21.O=C1CCCc2cc(OS(=O)(=O)C(F)(F)F)ccc21. The molecule has 0 aromatic heterocycles. The second-order valence-electron chi connectivity index (χ2n) is 7.20. The van der Waals surface area contributed by atoms with Gasteiger partial charge < -0.3 is 9.29 Å². The van der Waals surface area contributed by atoms with Crippen LogP contribution in [0.1, 0.15) is 57.5 Å². The minimum absolute atomic E-state index is 0.105. The molecule has 0 saturated heterocycles. The van der Waals surface area contributed by atoms with Crippen LogP contribution in [0.5, 0.6) is 11.5 Å². The molecule has 0 saturated carbocycles. The van der Waals surface area contributed by atoms with Gasteiger partial charge >= 0.3 is 15.6 Å². The number of benzene rings is 2. The Hall–Kier alpha value is -2.88. The van der Waals surface area contributed by atoms with Crippen LogP contribution in [0.15, 0.2) is 36.4 Å². The molecule has 0 unspecified atom stereocenters. The number of phenolic OH excluding ortho intramolecular Hbond substituents is 1. The van der Waals surface area contributed by atoms with Crippen LogP contribution in [-0.4, -0.2) is 30.6 Å². The number of Topliss-reactive ketones (excluding diaryl/α,β-unsaturated/α-hetero) is 2. The van der Waals surface area contributed by atoms with E-state index in [1.165, 1.54) is 6.07 Å². The quantitative estimate of drug-likeness (QED) is 0.533. The van der Waals surface area contributed by atoms with Crippen LogP contribution >= 0.6 is 0 Å². The van der Waals surface area contributed by atoms with Crippen molar-refractivity contribution in [2.24, 2.45) is 0 Å². The summed E-state index contributed by atoms with van der Waals surface area (Å²) in [5.41, 5.74) is -2.78. The summed E-state index contributed by atoms with van der Waals surface area (Å²) in [6.07, 6.45) is 3.95. The second-order valence-corrected chi connectivity index (χ2v) is 8.73. The van der Waals surface area contributed by atoms with Gasteiger partial charge in [-0.1, -0.05) is 0 Å². The maximum atomic E-state index is 12.2. The van der Waals surface area contributed by atoms with Gasteiger partial charge in [0.1, 0.15) is 11.5 Å². The van der Waals surface area contributed by atoms with E-state index in [9.17, 15) is 31.2 Å². The van der Waals surface area contributed by atoms with E-state index in [1.807, 2.05) is 0 Å². The third-order valence-electron chi connectivity index (χ3n) is 4.96. The Morgan fingerprint density at radius 2 is 1.32 bits per heavy atom. The number of rotatable bonds is 2. The van der Waals surface area contributed by atoms with E-state index < -0.39 is 21.4 Å². The van der Waals surface area contributed by atoms with Gasteiger partial charge in [0.15, 0.2) is 11.6 Å². The molecule has 2 aliphatic rings. The first-order chi connectivity index (χ1) is 14.5. The van der Waals surface area contributed by atoms with Crippen molar-refractivity contribution >= 4 is 21.7 Å². The van der Waals surface area contributed by atoms with Crippen molar-refractivity contribution in [3.63, 3.8) is 0 Å². The molecule has 2 aromatic rings. The number of carbonyl (C=O) groups is 2. The number of hydrogen-bond acceptors (Lipinski definition) is 6. The van der Waals surface area contributed by atoms with Crippen LogP contribution in [0.4, 0.5) is 13.2 Å². The predicted octanol–water partition coefficient (Wildman–Crippen LogP) is 4.35. The van der Waals surface area contributed by atoms with Crippen LogP contribution in [0, 0.1) is 0 Å². The highest BCUT2D eigenvalue weighted by atomic mass is 32.2. The van der Waals surface area contributed by atoms with Gasteiger partial charge in [0.25, 0.3) is 0 Å². The molecule has 4 rings (SSSR count). The minimum Gasteiger partial charge on any atom is -0.508 e. The molecule has 0 atom stereocenters. The van der Waals surface area contributed by atoms with Crippen LogP contribution in [0.2, 0.25) is 0 Å². The van der Waals surface area contributed by atoms with Crippen molar-refractivity contribution < 1.29 is 40.5 Å². The van der Waals surface area contributed by atoms with Crippen LogP contribution in [0.25, 0.3) is 0 Å². The summed E-state index contributed by atoms with van der Waals surface area (Å²) in [6.45, 7) is 0. The fourth-order valence-corrected chi connectivity index (χ4v) is 3.93. The fourth-order valence-electron chi connectivity index (χ4n) is 3.48. The van der Waals surface area contributed by atoms with Gasteiger partial charge in [0, 0.05) is 24.0 Å². The molecule has 1 N–H and O–H groups in total. The van der Waals surface area contributed by atoms with Gasteiger partial charge in [-0.25, -0.2) is 0 Å². The molecule has 0 fully saturated rings. The van der Waals surface area contributed by atoms with E-state index in [0.29, 0.717) is 36.8 Å². The van der Waals surface area contributed by atoms with Gasteiger partial charge in [-0.3, -0.25) is 9.59 Å². The number of carbonyl (C=O) groups excluding carboxylic acids is 2. The smallest absolute Gasteiger partial charge is 0.508 e. The number of alkyl halides is 3. The number of aromatic hydroxyl groups is 1. The number of fused-ring (bicyclic) bond motifs is 2. The molecule has 31 heavy (non-hydrogen) atoms. The van der Waals surface area contributed by atoms with Gasteiger partial charge in [-0.05, 0) is 73.2 Å². The average Bonchev–Trinajstić information content (AvgIpc) is 2.67. The summed E-state index contributed by atoms with van der Waals surface area (Å²) in [5.74, 6) is -0.0862. The highest BCUT2D eigenvalue weighted by Crippen LogP contribution is 2.30. The topological polar surface area (TPSA) is 97.7 Å². The largest absolute Gasteiger partial charge is 0.534 e. The van der Waals surface area contributed by atoms with E-state index in [4.69, 9.17) is 5.11 Å². The molecule has 0 radical (unpaired) electrons. The Balaban J connectivity index is 0.000000194.